The van der Waals surface area contributed by atoms with Crippen LogP contribution in [0.5, 0.6) is 5.75 Å². The highest BCUT2D eigenvalue weighted by Gasteiger charge is 2.32. The first-order valence-electron chi connectivity index (χ1n) is 21.9. The molecule has 8 rings (SSSR count). The highest BCUT2D eigenvalue weighted by atomic mass is 35.5. The largest absolute Gasteiger partial charge is 0.493 e. The van der Waals surface area contributed by atoms with E-state index in [9.17, 15) is 14.4 Å². The van der Waals surface area contributed by atoms with Crippen LogP contribution in [-0.2, 0) is 40.8 Å². The van der Waals surface area contributed by atoms with Gasteiger partial charge in [-0.15, -0.1) is 0 Å². The highest BCUT2D eigenvalue weighted by Crippen LogP contribution is 2.42. The number of aromatic nitrogens is 5. The van der Waals surface area contributed by atoms with Gasteiger partial charge >= 0.3 is 11.9 Å². The van der Waals surface area contributed by atoms with Gasteiger partial charge < -0.3 is 28.2 Å². The lowest BCUT2D eigenvalue weighted by molar-refractivity contribution is -0.133. The summed E-state index contributed by atoms with van der Waals surface area (Å²) in [6.07, 6.45) is 1.21. The molecule has 0 bridgehead atoms. The molecule has 13 nitrogen and oxygen atoms in total. The molecule has 7 aromatic rings. The molecule has 14 heteroatoms. The Balaban J connectivity index is 1.08. The van der Waals surface area contributed by atoms with Crippen molar-refractivity contribution in [3.8, 4) is 16.9 Å². The van der Waals surface area contributed by atoms with Crippen LogP contribution in [0, 0.1) is 20.8 Å². The van der Waals surface area contributed by atoms with Gasteiger partial charge in [0.2, 0.25) is 5.91 Å². The van der Waals surface area contributed by atoms with E-state index < -0.39 is 17.5 Å². The van der Waals surface area contributed by atoms with Gasteiger partial charge in [0.1, 0.15) is 34.9 Å². The number of piperazine rings is 1. The van der Waals surface area contributed by atoms with E-state index in [0.29, 0.717) is 91.9 Å². The normalized spacial score (nSPS) is 13.6. The van der Waals surface area contributed by atoms with Crippen LogP contribution in [-0.4, -0.2) is 104 Å². The molecule has 4 heterocycles. The fraction of sp³-hybridized carbons (Fsp3) is 0.380. The van der Waals surface area contributed by atoms with E-state index in [1.54, 1.807) is 12.1 Å². The first-order chi connectivity index (χ1) is 30.6. The summed E-state index contributed by atoms with van der Waals surface area (Å²) in [6, 6.07) is 23.5. The Labute approximate surface area is 378 Å². The summed E-state index contributed by atoms with van der Waals surface area (Å²) in [5, 5.41) is 8.44. The second-order valence-corrected chi connectivity index (χ2v) is 17.9. The number of imidazole rings is 1. The number of nitrogens with zero attached hydrogens (tertiary/aromatic N) is 7. The van der Waals surface area contributed by atoms with Crippen molar-refractivity contribution in [3.05, 3.63) is 112 Å². The van der Waals surface area contributed by atoms with E-state index in [2.05, 4.69) is 32.7 Å². The number of carbonyl (C=O) groups excluding carboxylic acids is 3. The number of esters is 2. The molecule has 1 saturated heterocycles. The van der Waals surface area contributed by atoms with E-state index >= 15 is 0 Å². The van der Waals surface area contributed by atoms with E-state index in [4.69, 9.17) is 30.9 Å². The number of ether oxygens (including phenoxy) is 3. The monoisotopic (exact) mass is 885 g/mol. The molecule has 0 N–H and O–H groups in total. The quantitative estimate of drug-likeness (QED) is 0.0826. The first-order valence-corrected chi connectivity index (χ1v) is 22.2. The number of aryl methyl sites for hydroxylation is 4. The zero-order valence-electron chi connectivity index (χ0n) is 38.0. The lowest BCUT2D eigenvalue weighted by Crippen LogP contribution is -2.50. The third-order valence-corrected chi connectivity index (χ3v) is 12.6. The van der Waals surface area contributed by atoms with Crippen molar-refractivity contribution in [1.82, 2.24) is 33.7 Å². The molecular weight excluding hydrogens is 830 g/mol. The smallest absolute Gasteiger partial charge is 0.355 e. The van der Waals surface area contributed by atoms with Gasteiger partial charge in [0.15, 0.2) is 0 Å². The maximum absolute atomic E-state index is 14.6. The van der Waals surface area contributed by atoms with Crippen molar-refractivity contribution >= 4 is 62.2 Å². The topological polar surface area (TPSA) is 126 Å². The maximum atomic E-state index is 14.6. The number of benzene rings is 4. The van der Waals surface area contributed by atoms with Crippen LogP contribution in [0.1, 0.15) is 70.8 Å². The van der Waals surface area contributed by atoms with Crippen LogP contribution in [0.15, 0.2) is 72.8 Å². The Bertz CT molecular complexity index is 2910. The lowest BCUT2D eigenvalue weighted by Gasteiger charge is -2.35. The summed E-state index contributed by atoms with van der Waals surface area (Å²) in [4.78, 5) is 49.7. The average molecular weight is 886 g/mol. The molecule has 0 unspecified atom stereocenters. The molecule has 0 aliphatic carbocycles. The van der Waals surface area contributed by atoms with Crippen LogP contribution in [0.4, 0.5) is 0 Å². The summed E-state index contributed by atoms with van der Waals surface area (Å²) in [5.41, 5.74) is 6.69. The molecule has 1 fully saturated rings. The zero-order valence-corrected chi connectivity index (χ0v) is 38.7. The average Bonchev–Trinajstić information content (AvgIpc) is 3.86. The van der Waals surface area contributed by atoms with Crippen molar-refractivity contribution in [1.29, 1.82) is 0 Å². The summed E-state index contributed by atoms with van der Waals surface area (Å²) in [6.45, 7) is 15.5. The van der Waals surface area contributed by atoms with Gasteiger partial charge in [-0.05, 0) is 89.6 Å². The number of para-hydroxylation sites is 1. The zero-order chi connectivity index (χ0) is 45.4. The third-order valence-electron chi connectivity index (χ3n) is 12.2. The van der Waals surface area contributed by atoms with Crippen LogP contribution < -0.4 is 4.74 Å². The van der Waals surface area contributed by atoms with E-state index in [0.717, 1.165) is 55.5 Å². The standard InChI is InChI=1S/C50H56ClN7O6/c1-31-43(32(2)54(7)53-31)44-39(51)22-21-37-36(18-13-29-63-41-20-11-15-34-14-9-10-16-35(34)41)47(49(61)64-50(4,5)6)57(46(37)44)28-25-55-23-26-56(27-24-55)42(59)30-58-33(3)52-45-38(48(60)62-8)17-12-19-40(45)58/h9-12,14-17,19-22H,13,18,23-30H2,1-8H3. The summed E-state index contributed by atoms with van der Waals surface area (Å²) >= 11 is 7.21. The minimum atomic E-state index is -0.738. The minimum Gasteiger partial charge on any atom is -0.493 e. The second kappa shape index (κ2) is 18.1. The molecule has 0 radical (unpaired) electrons. The predicted octanol–water partition coefficient (Wildman–Crippen LogP) is 8.72. The number of hydrogen-bond donors (Lipinski definition) is 0. The van der Waals surface area contributed by atoms with Gasteiger partial charge in [0, 0.05) is 73.9 Å². The van der Waals surface area contributed by atoms with Crippen molar-refractivity contribution in [2.75, 3.05) is 46.4 Å². The highest BCUT2D eigenvalue weighted by molar-refractivity contribution is 6.35. The van der Waals surface area contributed by atoms with Crippen molar-refractivity contribution in [3.63, 3.8) is 0 Å². The number of rotatable bonds is 13. The van der Waals surface area contributed by atoms with Gasteiger partial charge in [-0.1, -0.05) is 60.1 Å². The SMILES string of the molecule is COC(=O)c1cccc2c1nc(C)n2CC(=O)N1CCN(CCn2c(C(=O)OC(C)(C)C)c(CCCOc3cccc4ccccc34)c3ccc(Cl)c(-c4c(C)nn(C)c4C)c32)CC1. The molecule has 64 heavy (non-hydrogen) atoms. The fourth-order valence-corrected chi connectivity index (χ4v) is 9.34. The van der Waals surface area contributed by atoms with E-state index in [-0.39, 0.29) is 12.5 Å². The Morgan fingerprint density at radius 3 is 2.27 bits per heavy atom. The molecule has 3 aromatic heterocycles. The second-order valence-electron chi connectivity index (χ2n) is 17.5. The molecule has 1 aliphatic rings. The van der Waals surface area contributed by atoms with Crippen LogP contribution in [0.3, 0.4) is 0 Å². The number of carbonyl (C=O) groups is 3. The third kappa shape index (κ3) is 8.70. The Hall–Kier alpha value is -6.18. The van der Waals surface area contributed by atoms with Crippen LogP contribution >= 0.6 is 11.6 Å². The number of hydrogen-bond acceptors (Lipinski definition) is 9. The van der Waals surface area contributed by atoms with Crippen LogP contribution in [0.25, 0.3) is 43.8 Å². The van der Waals surface area contributed by atoms with Gasteiger partial charge in [-0.2, -0.15) is 5.10 Å². The molecule has 0 spiro atoms. The first kappa shape index (κ1) is 44.4. The van der Waals surface area contributed by atoms with Crippen molar-refractivity contribution in [2.24, 2.45) is 7.05 Å². The summed E-state index contributed by atoms with van der Waals surface area (Å²) < 4.78 is 23.4. The maximum Gasteiger partial charge on any atom is 0.355 e. The number of amides is 1. The Morgan fingerprint density at radius 1 is 0.812 bits per heavy atom. The summed E-state index contributed by atoms with van der Waals surface area (Å²) in [7, 11) is 3.27. The van der Waals surface area contributed by atoms with Crippen molar-refractivity contribution in [2.45, 2.75) is 73.1 Å². The summed E-state index contributed by atoms with van der Waals surface area (Å²) in [5.74, 6) is 0.581. The van der Waals surface area contributed by atoms with Gasteiger partial charge in [-0.3, -0.25) is 14.4 Å². The Kier molecular flexibility index (Phi) is 12.6. The lowest BCUT2D eigenvalue weighted by atomic mass is 9.98. The number of halogens is 1. The van der Waals surface area contributed by atoms with Gasteiger partial charge in [0.25, 0.3) is 0 Å². The predicted molar refractivity (Wildman–Crippen MR) is 250 cm³/mol. The molecule has 0 saturated carbocycles. The number of methoxy groups -OCH3 is 1. The molecule has 0 atom stereocenters. The number of fused-ring (bicyclic) bond motifs is 3. The van der Waals surface area contributed by atoms with E-state index in [1.165, 1.54) is 7.11 Å². The molecule has 1 amide bonds. The van der Waals surface area contributed by atoms with Crippen LogP contribution in [0.2, 0.25) is 5.02 Å². The van der Waals surface area contributed by atoms with Gasteiger partial charge in [0.05, 0.1) is 41.0 Å². The molecule has 1 aliphatic heterocycles. The molecule has 4 aromatic carbocycles. The Morgan fingerprint density at radius 2 is 1.55 bits per heavy atom. The minimum absolute atomic E-state index is 0.0234. The van der Waals surface area contributed by atoms with Crippen molar-refractivity contribution < 1.29 is 28.6 Å². The van der Waals surface area contributed by atoms with E-state index in [1.807, 2.05) is 105 Å². The molecule has 334 valence electrons. The fourth-order valence-electron chi connectivity index (χ4n) is 9.09. The molecular formula is C50H56ClN7O6. The van der Waals surface area contributed by atoms with Gasteiger partial charge in [-0.25, -0.2) is 14.6 Å².